The van der Waals surface area contributed by atoms with Gasteiger partial charge in [0.2, 0.25) is 0 Å². The van der Waals surface area contributed by atoms with Gasteiger partial charge in [-0.3, -0.25) is 0 Å². The average molecular weight is 276 g/mol. The molecule has 0 aromatic heterocycles. The molecule has 0 spiro atoms. The molecule has 19 heavy (non-hydrogen) atoms. The molecule has 2 N–H and O–H groups in total. The lowest BCUT2D eigenvalue weighted by atomic mass is 10.1. The highest BCUT2D eigenvalue weighted by molar-refractivity contribution is 6.31. The molecular weight excluding hydrogens is 258 g/mol. The van der Waals surface area contributed by atoms with Crippen LogP contribution in [0.3, 0.4) is 0 Å². The number of phenolic OH excluding ortho intramolecular Hbond substituents is 1. The van der Waals surface area contributed by atoms with Gasteiger partial charge >= 0.3 is 0 Å². The lowest BCUT2D eigenvalue weighted by molar-refractivity contribution is 0.474. The van der Waals surface area contributed by atoms with E-state index in [0.717, 1.165) is 23.6 Å². The van der Waals surface area contributed by atoms with Crippen LogP contribution in [-0.4, -0.2) is 11.1 Å². The van der Waals surface area contributed by atoms with Gasteiger partial charge in [-0.2, -0.15) is 0 Å². The van der Waals surface area contributed by atoms with E-state index >= 15 is 0 Å². The van der Waals surface area contributed by atoms with Crippen LogP contribution in [0.5, 0.6) is 5.75 Å². The Labute approximate surface area is 119 Å². The standard InChI is InChI=1S/C16H18ClNO/c1-12(10-13-6-8-15(19)9-7-13)18-11-14-4-2-3-5-16(14)17/h2-9,12,18-19H,10-11H2,1H3/t12-/m0/s1. The lowest BCUT2D eigenvalue weighted by Gasteiger charge is -2.14. The third-order valence-corrected chi connectivity index (χ3v) is 3.45. The van der Waals surface area contributed by atoms with E-state index in [9.17, 15) is 5.11 Å². The van der Waals surface area contributed by atoms with Gasteiger partial charge in [0.05, 0.1) is 0 Å². The molecular formula is C16H18ClNO. The molecule has 2 aromatic carbocycles. The monoisotopic (exact) mass is 275 g/mol. The van der Waals surface area contributed by atoms with Gasteiger partial charge in [-0.1, -0.05) is 41.9 Å². The smallest absolute Gasteiger partial charge is 0.115 e. The van der Waals surface area contributed by atoms with Gasteiger partial charge in [0.15, 0.2) is 0 Å². The van der Waals surface area contributed by atoms with Gasteiger partial charge in [0.25, 0.3) is 0 Å². The zero-order valence-corrected chi connectivity index (χ0v) is 11.7. The number of aromatic hydroxyl groups is 1. The summed E-state index contributed by atoms with van der Waals surface area (Å²) in [6.45, 7) is 2.91. The maximum atomic E-state index is 9.24. The topological polar surface area (TPSA) is 32.3 Å². The Hall–Kier alpha value is -1.51. The van der Waals surface area contributed by atoms with Crippen molar-refractivity contribution in [2.45, 2.75) is 25.9 Å². The third kappa shape index (κ3) is 4.27. The molecule has 0 amide bonds. The van der Waals surface area contributed by atoms with Crippen LogP contribution in [0, 0.1) is 0 Å². The Bertz CT molecular complexity index is 525. The van der Waals surface area contributed by atoms with Crippen LogP contribution in [0.1, 0.15) is 18.1 Å². The normalized spacial score (nSPS) is 12.3. The molecule has 0 saturated heterocycles. The Morgan fingerprint density at radius 3 is 2.47 bits per heavy atom. The summed E-state index contributed by atoms with van der Waals surface area (Å²) in [5.74, 6) is 0.306. The summed E-state index contributed by atoms with van der Waals surface area (Å²) in [4.78, 5) is 0. The minimum atomic E-state index is 0.306. The van der Waals surface area contributed by atoms with E-state index in [2.05, 4.69) is 12.2 Å². The van der Waals surface area contributed by atoms with Crippen LogP contribution in [0.4, 0.5) is 0 Å². The molecule has 0 aliphatic carbocycles. The molecule has 2 nitrogen and oxygen atoms in total. The van der Waals surface area contributed by atoms with Gasteiger partial charge in [0, 0.05) is 17.6 Å². The van der Waals surface area contributed by atoms with Crippen molar-refractivity contribution in [3.05, 3.63) is 64.7 Å². The molecule has 1 atom stereocenters. The summed E-state index contributed by atoms with van der Waals surface area (Å²) >= 11 is 6.12. The summed E-state index contributed by atoms with van der Waals surface area (Å²) in [5.41, 5.74) is 2.32. The number of halogens is 1. The van der Waals surface area contributed by atoms with Crippen molar-refractivity contribution in [3.8, 4) is 5.75 Å². The van der Waals surface area contributed by atoms with E-state index in [1.807, 2.05) is 36.4 Å². The van der Waals surface area contributed by atoms with Crippen molar-refractivity contribution < 1.29 is 5.11 Å². The van der Waals surface area contributed by atoms with Gasteiger partial charge in [-0.25, -0.2) is 0 Å². The average Bonchev–Trinajstić information content (AvgIpc) is 2.40. The zero-order chi connectivity index (χ0) is 13.7. The second kappa shape index (κ2) is 6.60. The highest BCUT2D eigenvalue weighted by Crippen LogP contribution is 2.15. The molecule has 3 heteroatoms. The third-order valence-electron chi connectivity index (χ3n) is 3.08. The molecule has 100 valence electrons. The first kappa shape index (κ1) is 13.9. The first-order valence-electron chi connectivity index (χ1n) is 6.40. The number of nitrogens with one attached hydrogen (secondary N) is 1. The molecule has 0 aliphatic rings. The fourth-order valence-electron chi connectivity index (χ4n) is 1.98. The van der Waals surface area contributed by atoms with Crippen LogP contribution < -0.4 is 5.32 Å². The van der Waals surface area contributed by atoms with Crippen molar-refractivity contribution in [1.82, 2.24) is 5.32 Å². The van der Waals surface area contributed by atoms with Crippen molar-refractivity contribution in [3.63, 3.8) is 0 Å². The minimum absolute atomic E-state index is 0.306. The summed E-state index contributed by atoms with van der Waals surface area (Å²) < 4.78 is 0. The number of phenols is 1. The Morgan fingerprint density at radius 1 is 1.11 bits per heavy atom. The first-order chi connectivity index (χ1) is 9.15. The number of hydrogen-bond acceptors (Lipinski definition) is 2. The summed E-state index contributed by atoms with van der Waals surface area (Å²) in [7, 11) is 0. The van der Waals surface area contributed by atoms with Crippen LogP contribution in [0.15, 0.2) is 48.5 Å². The van der Waals surface area contributed by atoms with Gasteiger partial charge < -0.3 is 10.4 Å². The molecule has 0 bridgehead atoms. The van der Waals surface area contributed by atoms with E-state index in [-0.39, 0.29) is 0 Å². The fourth-order valence-corrected chi connectivity index (χ4v) is 2.19. The minimum Gasteiger partial charge on any atom is -0.508 e. The predicted octanol–water partition coefficient (Wildman–Crippen LogP) is 3.77. The van der Waals surface area contributed by atoms with Crippen LogP contribution in [0.25, 0.3) is 0 Å². The van der Waals surface area contributed by atoms with Crippen molar-refractivity contribution in [2.75, 3.05) is 0 Å². The molecule has 0 unspecified atom stereocenters. The van der Waals surface area contributed by atoms with Gasteiger partial charge in [0.1, 0.15) is 5.75 Å². The van der Waals surface area contributed by atoms with E-state index < -0.39 is 0 Å². The molecule has 0 aliphatic heterocycles. The number of benzene rings is 2. The zero-order valence-electron chi connectivity index (χ0n) is 10.9. The molecule has 2 aromatic rings. The first-order valence-corrected chi connectivity index (χ1v) is 6.77. The lowest BCUT2D eigenvalue weighted by Crippen LogP contribution is -2.27. The maximum absolute atomic E-state index is 9.24. The summed E-state index contributed by atoms with van der Waals surface area (Å²) in [5, 5.41) is 13.5. The predicted molar refractivity (Wildman–Crippen MR) is 79.6 cm³/mol. The van der Waals surface area contributed by atoms with Crippen molar-refractivity contribution in [1.29, 1.82) is 0 Å². The maximum Gasteiger partial charge on any atom is 0.115 e. The molecule has 0 fully saturated rings. The van der Waals surface area contributed by atoms with Gasteiger partial charge in [-0.15, -0.1) is 0 Å². The van der Waals surface area contributed by atoms with Crippen molar-refractivity contribution in [2.24, 2.45) is 0 Å². The fraction of sp³-hybridized carbons (Fsp3) is 0.250. The van der Waals surface area contributed by atoms with Crippen LogP contribution in [-0.2, 0) is 13.0 Å². The Kier molecular flexibility index (Phi) is 4.83. The summed E-state index contributed by atoms with van der Waals surface area (Å²) in [6.07, 6.45) is 0.921. The molecule has 0 heterocycles. The second-order valence-electron chi connectivity index (χ2n) is 4.74. The quantitative estimate of drug-likeness (QED) is 0.871. The second-order valence-corrected chi connectivity index (χ2v) is 5.15. The largest absolute Gasteiger partial charge is 0.508 e. The van der Waals surface area contributed by atoms with E-state index in [1.54, 1.807) is 12.1 Å². The SMILES string of the molecule is C[C@@H](Cc1ccc(O)cc1)NCc1ccccc1Cl. The Morgan fingerprint density at radius 2 is 1.79 bits per heavy atom. The highest BCUT2D eigenvalue weighted by Gasteiger charge is 2.05. The number of hydrogen-bond donors (Lipinski definition) is 2. The van der Waals surface area contributed by atoms with Gasteiger partial charge in [-0.05, 0) is 42.7 Å². The van der Waals surface area contributed by atoms with Crippen LogP contribution >= 0.6 is 11.6 Å². The highest BCUT2D eigenvalue weighted by atomic mass is 35.5. The van der Waals surface area contributed by atoms with Crippen LogP contribution in [0.2, 0.25) is 5.02 Å². The number of rotatable bonds is 5. The molecule has 0 radical (unpaired) electrons. The van der Waals surface area contributed by atoms with Crippen molar-refractivity contribution >= 4 is 11.6 Å². The van der Waals surface area contributed by atoms with E-state index in [1.165, 1.54) is 5.56 Å². The van der Waals surface area contributed by atoms with E-state index in [4.69, 9.17) is 11.6 Å². The van der Waals surface area contributed by atoms with E-state index in [0.29, 0.717) is 11.8 Å². The molecule has 2 rings (SSSR count). The Balaban J connectivity index is 1.86. The summed E-state index contributed by atoms with van der Waals surface area (Å²) in [6, 6.07) is 15.5. The molecule has 0 saturated carbocycles.